The zero-order chi connectivity index (χ0) is 14.9. The van der Waals surface area contributed by atoms with Gasteiger partial charge in [-0.1, -0.05) is 0 Å². The number of methoxy groups -OCH3 is 1. The molecule has 0 unspecified atom stereocenters. The maximum atomic E-state index is 5.68. The number of nitrogens with zero attached hydrogens (tertiary/aromatic N) is 3. The number of hydrogen-bond donors (Lipinski definition) is 1. The largest absolute Gasteiger partial charge is 0.492 e. The third-order valence-corrected chi connectivity index (χ3v) is 3.10. The van der Waals surface area contributed by atoms with Crippen LogP contribution in [0.25, 0.3) is 0 Å². The van der Waals surface area contributed by atoms with Crippen LogP contribution in [0.5, 0.6) is 5.75 Å². The first-order chi connectivity index (χ1) is 10.3. The van der Waals surface area contributed by atoms with Gasteiger partial charge < -0.3 is 19.4 Å². The van der Waals surface area contributed by atoms with Gasteiger partial charge in [0.25, 0.3) is 0 Å². The highest BCUT2D eigenvalue weighted by atomic mass is 16.5. The highest BCUT2D eigenvalue weighted by Gasteiger charge is 2.01. The minimum atomic E-state index is 0.595. The lowest BCUT2D eigenvalue weighted by atomic mass is 10.3. The predicted molar refractivity (Wildman–Crippen MR) is 80.2 cm³/mol. The van der Waals surface area contributed by atoms with Crippen molar-refractivity contribution in [3.63, 3.8) is 0 Å². The summed E-state index contributed by atoms with van der Waals surface area (Å²) in [7, 11) is 3.67. The Kier molecular flexibility index (Phi) is 6.18. The second-order valence-corrected chi connectivity index (χ2v) is 4.71. The quantitative estimate of drug-likeness (QED) is 0.703. The molecule has 114 valence electrons. The molecule has 2 rings (SSSR count). The Hall–Kier alpha value is -1.92. The zero-order valence-corrected chi connectivity index (χ0v) is 12.6. The van der Waals surface area contributed by atoms with E-state index < -0.39 is 0 Å². The third kappa shape index (κ3) is 5.17. The van der Waals surface area contributed by atoms with Crippen molar-refractivity contribution in [3.05, 3.63) is 42.2 Å². The Bertz CT molecular complexity index is 525. The second kappa shape index (κ2) is 8.39. The van der Waals surface area contributed by atoms with Crippen LogP contribution in [-0.4, -0.2) is 41.4 Å². The summed E-state index contributed by atoms with van der Waals surface area (Å²) in [5.41, 5.74) is 0.988. The summed E-state index contributed by atoms with van der Waals surface area (Å²) in [4.78, 5) is 8.62. The fourth-order valence-electron chi connectivity index (χ4n) is 1.89. The van der Waals surface area contributed by atoms with Gasteiger partial charge in [0.1, 0.15) is 11.6 Å². The number of hydrogen-bond acceptors (Lipinski definition) is 5. The zero-order valence-electron chi connectivity index (χ0n) is 12.6. The Morgan fingerprint density at radius 1 is 1.24 bits per heavy atom. The number of rotatable bonds is 9. The van der Waals surface area contributed by atoms with Crippen molar-refractivity contribution < 1.29 is 9.47 Å². The molecular formula is C15H22N4O2. The topological polar surface area (TPSA) is 61.2 Å². The molecule has 0 aliphatic rings. The molecule has 6 heteroatoms. The predicted octanol–water partition coefficient (Wildman–Crippen LogP) is 1.17. The van der Waals surface area contributed by atoms with Gasteiger partial charge in [-0.25, -0.2) is 4.98 Å². The van der Waals surface area contributed by atoms with Gasteiger partial charge in [-0.3, -0.25) is 4.98 Å². The van der Waals surface area contributed by atoms with Crippen molar-refractivity contribution in [3.8, 4) is 5.75 Å². The van der Waals surface area contributed by atoms with Gasteiger partial charge >= 0.3 is 0 Å². The number of ether oxygens (including phenoxy) is 2. The summed E-state index contributed by atoms with van der Waals surface area (Å²) in [5.74, 6) is 1.80. The van der Waals surface area contributed by atoms with Gasteiger partial charge in [0, 0.05) is 46.1 Å². The molecule has 0 aliphatic carbocycles. The fourth-order valence-corrected chi connectivity index (χ4v) is 1.89. The van der Waals surface area contributed by atoms with Crippen molar-refractivity contribution in [2.24, 2.45) is 7.05 Å². The second-order valence-electron chi connectivity index (χ2n) is 4.71. The third-order valence-electron chi connectivity index (χ3n) is 3.10. The first kappa shape index (κ1) is 15.5. The minimum Gasteiger partial charge on any atom is -0.492 e. The molecule has 21 heavy (non-hydrogen) atoms. The average Bonchev–Trinajstić information content (AvgIpc) is 2.91. The van der Waals surface area contributed by atoms with Gasteiger partial charge in [0.2, 0.25) is 0 Å². The van der Waals surface area contributed by atoms with Crippen LogP contribution in [0.1, 0.15) is 11.5 Å². The lowest BCUT2D eigenvalue weighted by molar-refractivity contribution is 0.199. The van der Waals surface area contributed by atoms with Crippen molar-refractivity contribution >= 4 is 0 Å². The van der Waals surface area contributed by atoms with E-state index in [0.717, 1.165) is 36.8 Å². The summed E-state index contributed by atoms with van der Waals surface area (Å²) < 4.78 is 12.6. The highest BCUT2D eigenvalue weighted by Crippen LogP contribution is 2.09. The van der Waals surface area contributed by atoms with Crippen molar-refractivity contribution in [2.75, 3.05) is 26.9 Å². The summed E-state index contributed by atoms with van der Waals surface area (Å²) in [6, 6.07) is 3.91. The number of nitrogens with one attached hydrogen (secondary N) is 1. The summed E-state index contributed by atoms with van der Waals surface area (Å²) >= 11 is 0. The molecule has 0 fully saturated rings. The molecule has 6 nitrogen and oxygen atoms in total. The van der Waals surface area contributed by atoms with Crippen LogP contribution in [0.15, 0.2) is 30.7 Å². The number of imidazole rings is 1. The molecule has 0 saturated carbocycles. The average molecular weight is 290 g/mol. The monoisotopic (exact) mass is 290 g/mol. The van der Waals surface area contributed by atoms with Crippen LogP contribution in [0.4, 0.5) is 0 Å². The van der Waals surface area contributed by atoms with Crippen molar-refractivity contribution in [1.82, 2.24) is 19.9 Å². The summed E-state index contributed by atoms with van der Waals surface area (Å²) in [6.07, 6.45) is 6.26. The first-order valence-corrected chi connectivity index (χ1v) is 7.03. The van der Waals surface area contributed by atoms with Gasteiger partial charge in [-0.2, -0.15) is 0 Å². The molecule has 0 bridgehead atoms. The molecular weight excluding hydrogens is 268 g/mol. The number of pyridine rings is 1. The molecule has 1 N–H and O–H groups in total. The van der Waals surface area contributed by atoms with Crippen LogP contribution >= 0.6 is 0 Å². The van der Waals surface area contributed by atoms with E-state index in [-0.39, 0.29) is 0 Å². The maximum Gasteiger partial charge on any atom is 0.137 e. The normalized spacial score (nSPS) is 10.8. The Labute approximate surface area is 125 Å². The molecule has 0 radical (unpaired) electrons. The lowest BCUT2D eigenvalue weighted by Gasteiger charge is -2.07. The Morgan fingerprint density at radius 3 is 2.81 bits per heavy atom. The molecule has 2 aromatic rings. The molecule has 0 aromatic carbocycles. The van der Waals surface area contributed by atoms with Gasteiger partial charge in [-0.15, -0.1) is 0 Å². The van der Waals surface area contributed by atoms with Crippen LogP contribution in [0.3, 0.4) is 0 Å². The molecule has 2 heterocycles. The van der Waals surface area contributed by atoms with Gasteiger partial charge in [0.15, 0.2) is 0 Å². The van der Waals surface area contributed by atoms with E-state index in [9.17, 15) is 0 Å². The van der Waals surface area contributed by atoms with Crippen LogP contribution in [0.2, 0.25) is 0 Å². The van der Waals surface area contributed by atoms with Crippen molar-refractivity contribution in [2.45, 2.75) is 13.0 Å². The Balaban J connectivity index is 1.71. The van der Waals surface area contributed by atoms with Crippen LogP contribution in [0, 0.1) is 0 Å². The van der Waals surface area contributed by atoms with Gasteiger partial charge in [0.05, 0.1) is 25.1 Å². The lowest BCUT2D eigenvalue weighted by Crippen LogP contribution is -2.19. The molecule has 0 amide bonds. The van der Waals surface area contributed by atoms with Crippen LogP contribution in [-0.2, 0) is 24.8 Å². The molecule has 2 aromatic heterocycles. The smallest absolute Gasteiger partial charge is 0.137 e. The SMILES string of the molecule is COCCNCc1ccc(OCCc2nccn2C)cn1. The van der Waals surface area contributed by atoms with E-state index >= 15 is 0 Å². The molecule has 0 spiro atoms. The number of aryl methyl sites for hydroxylation is 1. The molecule has 0 atom stereocenters. The van der Waals surface area contributed by atoms with Crippen LogP contribution < -0.4 is 10.1 Å². The maximum absolute atomic E-state index is 5.68. The molecule has 0 saturated heterocycles. The van der Waals surface area contributed by atoms with E-state index in [1.165, 1.54) is 0 Å². The highest BCUT2D eigenvalue weighted by molar-refractivity contribution is 5.19. The first-order valence-electron chi connectivity index (χ1n) is 7.03. The molecule has 0 aliphatic heterocycles. The fraction of sp³-hybridized carbons (Fsp3) is 0.467. The van der Waals surface area contributed by atoms with E-state index in [1.54, 1.807) is 19.5 Å². The van der Waals surface area contributed by atoms with E-state index in [4.69, 9.17) is 9.47 Å². The standard InChI is InChI=1S/C15H22N4O2/c1-19-8-6-17-15(19)5-9-21-14-4-3-13(18-12-14)11-16-7-10-20-2/h3-4,6,8,12,16H,5,7,9-11H2,1-2H3. The van der Waals surface area contributed by atoms with Crippen molar-refractivity contribution in [1.29, 1.82) is 0 Å². The number of aromatic nitrogens is 3. The summed E-state index contributed by atoms with van der Waals surface area (Å²) in [6.45, 7) is 2.85. The van der Waals surface area contributed by atoms with E-state index in [2.05, 4.69) is 15.3 Å². The Morgan fingerprint density at radius 2 is 2.14 bits per heavy atom. The van der Waals surface area contributed by atoms with E-state index in [0.29, 0.717) is 13.2 Å². The minimum absolute atomic E-state index is 0.595. The summed E-state index contributed by atoms with van der Waals surface area (Å²) in [5, 5.41) is 3.25. The van der Waals surface area contributed by atoms with E-state index in [1.807, 2.05) is 29.9 Å². The van der Waals surface area contributed by atoms with Gasteiger partial charge in [-0.05, 0) is 12.1 Å².